The maximum Gasteiger partial charge on any atom is 0.0964 e. The molecule has 19 heavy (non-hydrogen) atoms. The van der Waals surface area contributed by atoms with Gasteiger partial charge >= 0.3 is 0 Å². The van der Waals surface area contributed by atoms with Gasteiger partial charge in [0.05, 0.1) is 24.9 Å². The smallest absolute Gasteiger partial charge is 0.0964 e. The van der Waals surface area contributed by atoms with E-state index in [9.17, 15) is 0 Å². The Labute approximate surface area is 115 Å². The SMILES string of the molecule is CC(C)CC(C)OCCn1cc(CNC2CC2)nn1. The Bertz CT molecular complexity index is 373. The Morgan fingerprint density at radius 3 is 2.89 bits per heavy atom. The molecule has 0 saturated heterocycles. The lowest BCUT2D eigenvalue weighted by atomic mass is 10.1. The monoisotopic (exact) mass is 266 g/mol. The number of ether oxygens (including phenoxy) is 1. The molecule has 1 heterocycles. The van der Waals surface area contributed by atoms with Crippen LogP contribution < -0.4 is 5.32 Å². The average Bonchev–Trinajstić information content (AvgIpc) is 3.06. The van der Waals surface area contributed by atoms with Crippen molar-refractivity contribution in [2.24, 2.45) is 5.92 Å². The first-order valence-electron chi connectivity index (χ1n) is 7.37. The van der Waals surface area contributed by atoms with E-state index in [0.29, 0.717) is 24.7 Å². The quantitative estimate of drug-likeness (QED) is 0.742. The number of nitrogens with one attached hydrogen (secondary N) is 1. The zero-order chi connectivity index (χ0) is 13.7. The van der Waals surface area contributed by atoms with Gasteiger partial charge in [0, 0.05) is 18.8 Å². The summed E-state index contributed by atoms with van der Waals surface area (Å²) in [6.07, 6.45) is 6.03. The minimum Gasteiger partial charge on any atom is -0.377 e. The van der Waals surface area contributed by atoms with E-state index in [1.807, 2.05) is 10.9 Å². The van der Waals surface area contributed by atoms with Crippen molar-refractivity contribution in [3.05, 3.63) is 11.9 Å². The summed E-state index contributed by atoms with van der Waals surface area (Å²) in [5, 5.41) is 11.7. The molecule has 1 fully saturated rings. The first kappa shape index (κ1) is 14.5. The third-order valence-electron chi connectivity index (χ3n) is 3.26. The van der Waals surface area contributed by atoms with Crippen molar-refractivity contribution in [1.29, 1.82) is 0 Å². The van der Waals surface area contributed by atoms with Crippen molar-refractivity contribution in [2.45, 2.75) is 65.3 Å². The van der Waals surface area contributed by atoms with Gasteiger partial charge in [0.25, 0.3) is 0 Å². The van der Waals surface area contributed by atoms with Gasteiger partial charge in [-0.15, -0.1) is 5.10 Å². The summed E-state index contributed by atoms with van der Waals surface area (Å²) in [4.78, 5) is 0. The summed E-state index contributed by atoms with van der Waals surface area (Å²) < 4.78 is 7.64. The highest BCUT2D eigenvalue weighted by Crippen LogP contribution is 2.18. The van der Waals surface area contributed by atoms with Gasteiger partial charge in [-0.3, -0.25) is 0 Å². The first-order valence-corrected chi connectivity index (χ1v) is 7.37. The van der Waals surface area contributed by atoms with Crippen molar-refractivity contribution in [3.8, 4) is 0 Å². The van der Waals surface area contributed by atoms with E-state index in [1.54, 1.807) is 0 Å². The van der Waals surface area contributed by atoms with Gasteiger partial charge in [-0.05, 0) is 32.1 Å². The normalized spacial score (nSPS) is 17.1. The van der Waals surface area contributed by atoms with Gasteiger partial charge in [0.1, 0.15) is 0 Å². The molecule has 5 nitrogen and oxygen atoms in total. The minimum absolute atomic E-state index is 0.319. The average molecular weight is 266 g/mol. The second-order valence-electron chi connectivity index (χ2n) is 5.94. The Balaban J connectivity index is 1.62. The summed E-state index contributed by atoms with van der Waals surface area (Å²) >= 11 is 0. The third-order valence-corrected chi connectivity index (χ3v) is 3.26. The molecule has 1 aliphatic carbocycles. The summed E-state index contributed by atoms with van der Waals surface area (Å²) in [5.74, 6) is 0.682. The molecule has 1 atom stereocenters. The van der Waals surface area contributed by atoms with E-state index >= 15 is 0 Å². The molecule has 1 aromatic heterocycles. The third kappa shape index (κ3) is 5.70. The van der Waals surface area contributed by atoms with Crippen molar-refractivity contribution < 1.29 is 4.74 Å². The fourth-order valence-corrected chi connectivity index (χ4v) is 2.14. The van der Waals surface area contributed by atoms with E-state index in [2.05, 4.69) is 36.4 Å². The molecule has 1 aliphatic rings. The highest BCUT2D eigenvalue weighted by molar-refractivity contribution is 4.94. The Morgan fingerprint density at radius 1 is 1.42 bits per heavy atom. The Hall–Kier alpha value is -0.940. The second-order valence-corrected chi connectivity index (χ2v) is 5.94. The molecule has 5 heteroatoms. The maximum absolute atomic E-state index is 5.77. The summed E-state index contributed by atoms with van der Waals surface area (Å²) in [6.45, 7) is 8.88. The molecule has 0 bridgehead atoms. The standard InChI is InChI=1S/C14H26N4O/c1-11(2)8-12(3)19-7-6-18-10-14(16-17-18)9-15-13-4-5-13/h10-13,15H,4-9H2,1-3H3. The van der Waals surface area contributed by atoms with Crippen molar-refractivity contribution in [3.63, 3.8) is 0 Å². The van der Waals surface area contributed by atoms with E-state index < -0.39 is 0 Å². The van der Waals surface area contributed by atoms with Crippen LogP contribution in [0.15, 0.2) is 6.20 Å². The molecule has 0 spiro atoms. The Kier molecular flexibility index (Phi) is 5.34. The summed E-state index contributed by atoms with van der Waals surface area (Å²) in [5.41, 5.74) is 1.02. The number of hydrogen-bond donors (Lipinski definition) is 1. The van der Waals surface area contributed by atoms with E-state index in [-0.39, 0.29) is 0 Å². The zero-order valence-corrected chi connectivity index (χ0v) is 12.3. The van der Waals surface area contributed by atoms with Crippen LogP contribution in [0, 0.1) is 5.92 Å². The number of rotatable bonds is 9. The van der Waals surface area contributed by atoms with Crippen molar-refractivity contribution in [1.82, 2.24) is 20.3 Å². The lowest BCUT2D eigenvalue weighted by Gasteiger charge is -2.14. The number of aromatic nitrogens is 3. The molecule has 1 unspecified atom stereocenters. The maximum atomic E-state index is 5.77. The van der Waals surface area contributed by atoms with Gasteiger partial charge in [0.2, 0.25) is 0 Å². The van der Waals surface area contributed by atoms with Crippen LogP contribution in [0.25, 0.3) is 0 Å². The molecule has 108 valence electrons. The predicted octanol–water partition coefficient (Wildman–Crippen LogP) is 1.98. The molecular formula is C14H26N4O. The van der Waals surface area contributed by atoms with Crippen LogP contribution >= 0.6 is 0 Å². The van der Waals surface area contributed by atoms with E-state index in [0.717, 1.165) is 25.2 Å². The van der Waals surface area contributed by atoms with E-state index in [4.69, 9.17) is 4.74 Å². The fraction of sp³-hybridized carbons (Fsp3) is 0.857. The van der Waals surface area contributed by atoms with Gasteiger partial charge in [-0.25, -0.2) is 4.68 Å². The van der Waals surface area contributed by atoms with Crippen LogP contribution in [0.5, 0.6) is 0 Å². The molecule has 0 amide bonds. The van der Waals surface area contributed by atoms with Crippen LogP contribution in [-0.4, -0.2) is 33.7 Å². The molecule has 1 aromatic rings. The first-order chi connectivity index (χ1) is 9.13. The van der Waals surface area contributed by atoms with Crippen LogP contribution in [0.3, 0.4) is 0 Å². The minimum atomic E-state index is 0.319. The van der Waals surface area contributed by atoms with Gasteiger partial charge in [0.15, 0.2) is 0 Å². The predicted molar refractivity (Wildman–Crippen MR) is 74.8 cm³/mol. The molecular weight excluding hydrogens is 240 g/mol. The largest absolute Gasteiger partial charge is 0.377 e. The molecule has 0 radical (unpaired) electrons. The summed E-state index contributed by atoms with van der Waals surface area (Å²) in [7, 11) is 0. The topological polar surface area (TPSA) is 52.0 Å². The second kappa shape index (κ2) is 7.01. The molecule has 1 saturated carbocycles. The Morgan fingerprint density at radius 2 is 2.21 bits per heavy atom. The van der Waals surface area contributed by atoms with Crippen LogP contribution in [0.4, 0.5) is 0 Å². The van der Waals surface area contributed by atoms with Gasteiger partial charge in [-0.1, -0.05) is 19.1 Å². The zero-order valence-electron chi connectivity index (χ0n) is 12.3. The van der Waals surface area contributed by atoms with Gasteiger partial charge in [-0.2, -0.15) is 0 Å². The van der Waals surface area contributed by atoms with Crippen molar-refractivity contribution in [2.75, 3.05) is 6.61 Å². The lowest BCUT2D eigenvalue weighted by Crippen LogP contribution is -2.16. The molecule has 2 rings (SSSR count). The van der Waals surface area contributed by atoms with Gasteiger partial charge < -0.3 is 10.1 Å². The molecule has 1 N–H and O–H groups in total. The molecule has 0 aromatic carbocycles. The highest BCUT2D eigenvalue weighted by Gasteiger charge is 2.20. The van der Waals surface area contributed by atoms with Crippen LogP contribution in [0.2, 0.25) is 0 Å². The van der Waals surface area contributed by atoms with Crippen LogP contribution in [-0.2, 0) is 17.8 Å². The lowest BCUT2D eigenvalue weighted by molar-refractivity contribution is 0.0452. The highest BCUT2D eigenvalue weighted by atomic mass is 16.5. The molecule has 0 aliphatic heterocycles. The fourth-order valence-electron chi connectivity index (χ4n) is 2.14. The number of nitrogens with zero attached hydrogens (tertiary/aromatic N) is 3. The summed E-state index contributed by atoms with van der Waals surface area (Å²) in [6, 6.07) is 0.713. The van der Waals surface area contributed by atoms with E-state index in [1.165, 1.54) is 12.8 Å². The van der Waals surface area contributed by atoms with Crippen LogP contribution in [0.1, 0.15) is 45.7 Å². The number of hydrogen-bond acceptors (Lipinski definition) is 4. The van der Waals surface area contributed by atoms with Crippen molar-refractivity contribution >= 4 is 0 Å².